The number of fused-ring (bicyclic) bond motifs is 1. The Morgan fingerprint density at radius 1 is 1.07 bits per heavy atom. The van der Waals surface area contributed by atoms with Crippen LogP contribution in [0.2, 0.25) is 0 Å². The van der Waals surface area contributed by atoms with E-state index in [9.17, 15) is 13.6 Å². The Hall–Kier alpha value is -5.77. The van der Waals surface area contributed by atoms with Gasteiger partial charge in [-0.25, -0.2) is 28.2 Å². The lowest BCUT2D eigenvalue weighted by molar-refractivity contribution is -0.115. The second kappa shape index (κ2) is 11.8. The van der Waals surface area contributed by atoms with Crippen molar-refractivity contribution in [3.63, 3.8) is 0 Å². The summed E-state index contributed by atoms with van der Waals surface area (Å²) in [5.74, 6) is 3.54. The Labute approximate surface area is 239 Å². The standard InChI is InChI=1S/C29H25F2N9O2/c1-3-4-19-14-34-28-24(11-23(38-40(19)28)18-12-35-29(33)36-13-18)39(15-17-5-7-20(42-2)8-6-17)16-25(41)37-27-22(32)10-9-21(30)26(27)31/h5-14H,15-16,32H2,1-2H3,(H,37,41)(H2,33,35,36). The van der Waals surface area contributed by atoms with E-state index in [1.54, 1.807) is 47.8 Å². The lowest BCUT2D eigenvalue weighted by atomic mass is 10.1. The number of aromatic nitrogens is 5. The number of benzene rings is 2. The fourth-order valence-electron chi connectivity index (χ4n) is 4.23. The molecular formula is C29H25F2N9O2. The van der Waals surface area contributed by atoms with Gasteiger partial charge < -0.3 is 26.4 Å². The quantitative estimate of drug-likeness (QED) is 0.188. The number of carbonyl (C=O) groups excluding carboxylic acids is 1. The van der Waals surface area contributed by atoms with Crippen LogP contribution in [0.3, 0.4) is 0 Å². The van der Waals surface area contributed by atoms with Gasteiger partial charge in [-0.15, -0.1) is 0 Å². The molecule has 13 heteroatoms. The van der Waals surface area contributed by atoms with Crippen LogP contribution in [0, 0.1) is 23.5 Å². The van der Waals surface area contributed by atoms with Gasteiger partial charge in [-0.05, 0) is 48.7 Å². The van der Waals surface area contributed by atoms with Crippen LogP contribution in [-0.2, 0) is 11.3 Å². The second-order valence-electron chi connectivity index (χ2n) is 9.08. The van der Waals surface area contributed by atoms with Crippen molar-refractivity contribution in [3.8, 4) is 28.8 Å². The summed E-state index contributed by atoms with van der Waals surface area (Å²) < 4.78 is 35.2. The smallest absolute Gasteiger partial charge is 0.244 e. The number of carbonyl (C=O) groups is 1. The molecular weight excluding hydrogens is 544 g/mol. The van der Waals surface area contributed by atoms with Crippen molar-refractivity contribution in [1.29, 1.82) is 0 Å². The number of anilines is 4. The van der Waals surface area contributed by atoms with Crippen molar-refractivity contribution in [1.82, 2.24) is 24.6 Å². The maximum Gasteiger partial charge on any atom is 0.244 e. The fourth-order valence-corrected chi connectivity index (χ4v) is 4.23. The van der Waals surface area contributed by atoms with Crippen molar-refractivity contribution in [2.45, 2.75) is 13.5 Å². The van der Waals surface area contributed by atoms with Crippen molar-refractivity contribution >= 4 is 34.6 Å². The molecule has 0 atom stereocenters. The summed E-state index contributed by atoms with van der Waals surface area (Å²) in [5.41, 5.74) is 14.2. The molecule has 2 aromatic carbocycles. The topological polar surface area (TPSA) is 150 Å². The monoisotopic (exact) mass is 569 g/mol. The molecule has 3 heterocycles. The van der Waals surface area contributed by atoms with Crippen LogP contribution >= 0.6 is 0 Å². The van der Waals surface area contributed by atoms with E-state index in [0.717, 1.165) is 11.6 Å². The van der Waals surface area contributed by atoms with E-state index in [1.807, 2.05) is 12.1 Å². The van der Waals surface area contributed by atoms with Crippen LogP contribution < -0.4 is 26.4 Å². The number of hydrogen-bond donors (Lipinski definition) is 3. The highest BCUT2D eigenvalue weighted by atomic mass is 19.2. The number of nitrogens with zero attached hydrogens (tertiary/aromatic N) is 6. The third kappa shape index (κ3) is 5.73. The molecule has 0 bridgehead atoms. The third-order valence-electron chi connectivity index (χ3n) is 6.27. The first kappa shape index (κ1) is 27.8. The van der Waals surface area contributed by atoms with Gasteiger partial charge in [0.25, 0.3) is 0 Å². The number of rotatable bonds is 8. The van der Waals surface area contributed by atoms with E-state index in [2.05, 4.69) is 37.2 Å². The average Bonchev–Trinajstić information content (AvgIpc) is 3.40. The Morgan fingerprint density at radius 2 is 1.81 bits per heavy atom. The van der Waals surface area contributed by atoms with Crippen molar-refractivity contribution < 1.29 is 18.3 Å². The number of nitrogens with two attached hydrogens (primary N) is 2. The summed E-state index contributed by atoms with van der Waals surface area (Å²) >= 11 is 0. The zero-order valence-electron chi connectivity index (χ0n) is 22.6. The van der Waals surface area contributed by atoms with Gasteiger partial charge in [0, 0.05) is 24.5 Å². The normalized spacial score (nSPS) is 10.7. The Kier molecular flexibility index (Phi) is 7.78. The molecule has 42 heavy (non-hydrogen) atoms. The molecule has 0 saturated heterocycles. The molecule has 0 spiro atoms. The summed E-state index contributed by atoms with van der Waals surface area (Å²) in [6.45, 7) is 1.62. The molecule has 0 saturated carbocycles. The highest BCUT2D eigenvalue weighted by Gasteiger charge is 2.22. The van der Waals surface area contributed by atoms with Crippen molar-refractivity contribution in [2.24, 2.45) is 0 Å². The highest BCUT2D eigenvalue weighted by Crippen LogP contribution is 2.29. The minimum atomic E-state index is -1.25. The Morgan fingerprint density at radius 3 is 2.50 bits per heavy atom. The lowest BCUT2D eigenvalue weighted by Crippen LogP contribution is -2.34. The van der Waals surface area contributed by atoms with Gasteiger partial charge in [-0.3, -0.25) is 4.79 Å². The molecule has 0 fully saturated rings. The summed E-state index contributed by atoms with van der Waals surface area (Å²) in [5, 5.41) is 7.10. The molecule has 3 aromatic heterocycles. The Balaban J connectivity index is 1.62. The predicted octanol–water partition coefficient (Wildman–Crippen LogP) is 3.65. The first-order chi connectivity index (χ1) is 20.3. The molecule has 11 nitrogen and oxygen atoms in total. The first-order valence-corrected chi connectivity index (χ1v) is 12.6. The number of halogens is 2. The summed E-state index contributed by atoms with van der Waals surface area (Å²) in [6.07, 6.45) is 4.62. The second-order valence-corrected chi connectivity index (χ2v) is 9.08. The minimum absolute atomic E-state index is 0.0990. The molecule has 0 unspecified atom stereocenters. The number of amides is 1. The number of imidazole rings is 1. The largest absolute Gasteiger partial charge is 0.497 e. The van der Waals surface area contributed by atoms with Crippen LogP contribution in [-0.4, -0.2) is 44.1 Å². The molecule has 5 rings (SSSR count). The van der Waals surface area contributed by atoms with E-state index < -0.39 is 23.2 Å². The molecule has 5 N–H and O–H groups in total. The van der Waals surface area contributed by atoms with Crippen LogP contribution in [0.25, 0.3) is 16.9 Å². The highest BCUT2D eigenvalue weighted by molar-refractivity contribution is 5.97. The molecule has 5 aromatic rings. The van der Waals surface area contributed by atoms with Gasteiger partial charge in [0.2, 0.25) is 11.9 Å². The molecule has 0 aliphatic heterocycles. The zero-order valence-corrected chi connectivity index (χ0v) is 22.6. The molecule has 212 valence electrons. The van der Waals surface area contributed by atoms with Crippen LogP contribution in [0.4, 0.5) is 31.8 Å². The molecule has 1 amide bonds. The van der Waals surface area contributed by atoms with Crippen molar-refractivity contribution in [3.05, 3.63) is 83.9 Å². The van der Waals surface area contributed by atoms with Gasteiger partial charge >= 0.3 is 0 Å². The maximum atomic E-state index is 14.5. The molecule has 0 radical (unpaired) electrons. The number of ether oxygens (including phenoxy) is 1. The number of nitrogen functional groups attached to an aromatic ring is 2. The summed E-state index contributed by atoms with van der Waals surface area (Å²) in [6, 6.07) is 11.1. The van der Waals surface area contributed by atoms with E-state index in [0.29, 0.717) is 34.0 Å². The fraction of sp³-hybridized carbons (Fsp3) is 0.138. The predicted molar refractivity (Wildman–Crippen MR) is 154 cm³/mol. The summed E-state index contributed by atoms with van der Waals surface area (Å²) in [7, 11) is 1.56. The summed E-state index contributed by atoms with van der Waals surface area (Å²) in [4.78, 5) is 27.7. The lowest BCUT2D eigenvalue weighted by Gasteiger charge is -2.25. The number of methoxy groups -OCH3 is 1. The first-order valence-electron chi connectivity index (χ1n) is 12.6. The SMILES string of the molecule is CC#Cc1cnc2c(N(CC(=O)Nc3c(N)ccc(F)c3F)Cc3ccc(OC)cc3)cc(-c3cnc(N)nc3)nn12. The third-order valence-corrected chi connectivity index (χ3v) is 6.27. The van der Waals surface area contributed by atoms with Crippen molar-refractivity contribution in [2.75, 3.05) is 35.3 Å². The average molecular weight is 570 g/mol. The number of hydrogen-bond acceptors (Lipinski definition) is 9. The van der Waals surface area contributed by atoms with Gasteiger partial charge in [-0.1, -0.05) is 18.1 Å². The van der Waals surface area contributed by atoms with Crippen LogP contribution in [0.1, 0.15) is 18.2 Å². The van der Waals surface area contributed by atoms with E-state index in [4.69, 9.17) is 16.2 Å². The van der Waals surface area contributed by atoms with Gasteiger partial charge in [-0.2, -0.15) is 5.10 Å². The van der Waals surface area contributed by atoms with E-state index >= 15 is 0 Å². The molecule has 0 aliphatic carbocycles. The zero-order chi connectivity index (χ0) is 29.8. The van der Waals surface area contributed by atoms with E-state index in [-0.39, 0.29) is 24.7 Å². The van der Waals surface area contributed by atoms with Crippen LogP contribution in [0.5, 0.6) is 5.75 Å². The van der Waals surface area contributed by atoms with Gasteiger partial charge in [0.1, 0.15) is 17.1 Å². The number of nitrogens with one attached hydrogen (secondary N) is 1. The Bertz CT molecular complexity index is 1830. The minimum Gasteiger partial charge on any atom is -0.497 e. The van der Waals surface area contributed by atoms with E-state index in [1.165, 1.54) is 18.5 Å². The van der Waals surface area contributed by atoms with Gasteiger partial charge in [0.15, 0.2) is 17.3 Å². The molecule has 0 aliphatic rings. The van der Waals surface area contributed by atoms with Crippen LogP contribution in [0.15, 0.2) is 61.1 Å². The van der Waals surface area contributed by atoms with Gasteiger partial charge in [0.05, 0.1) is 36.9 Å². The maximum absolute atomic E-state index is 14.5.